The summed E-state index contributed by atoms with van der Waals surface area (Å²) in [6, 6.07) is 12.2. The Bertz CT molecular complexity index is 672. The first-order valence-electron chi connectivity index (χ1n) is 8.03. The van der Waals surface area contributed by atoms with Crippen LogP contribution in [0.3, 0.4) is 0 Å². The Morgan fingerprint density at radius 2 is 1.70 bits per heavy atom. The van der Waals surface area contributed by atoms with Gasteiger partial charge in [-0.15, -0.1) is 0 Å². The maximum absolute atomic E-state index is 12.1. The van der Waals surface area contributed by atoms with Crippen LogP contribution in [0.25, 0.3) is 0 Å². The summed E-state index contributed by atoms with van der Waals surface area (Å²) in [4.78, 5) is 12.1. The van der Waals surface area contributed by atoms with Gasteiger partial charge in [0.25, 0.3) is 0 Å². The quantitative estimate of drug-likeness (QED) is 0.784. The van der Waals surface area contributed by atoms with Crippen molar-refractivity contribution in [1.82, 2.24) is 0 Å². The van der Waals surface area contributed by atoms with Gasteiger partial charge in [0, 0.05) is 12.1 Å². The van der Waals surface area contributed by atoms with Gasteiger partial charge in [-0.25, -0.2) is 0 Å². The Hall–Kier alpha value is -2.29. The highest BCUT2D eigenvalue weighted by molar-refractivity contribution is 5.92. The number of nitrogens with one attached hydrogen (secondary N) is 1. The van der Waals surface area contributed by atoms with E-state index in [1.807, 2.05) is 52.0 Å². The van der Waals surface area contributed by atoms with Gasteiger partial charge in [0.05, 0.1) is 6.61 Å². The van der Waals surface area contributed by atoms with E-state index in [1.54, 1.807) is 0 Å². The molecule has 0 aromatic heterocycles. The van der Waals surface area contributed by atoms with Crippen molar-refractivity contribution in [1.29, 1.82) is 0 Å². The molecule has 2 aromatic rings. The first kappa shape index (κ1) is 17.1. The molecule has 0 saturated heterocycles. The van der Waals surface area contributed by atoms with Crippen LogP contribution in [-0.2, 0) is 4.79 Å². The molecule has 0 heterocycles. The molecule has 0 radical (unpaired) electrons. The average Bonchev–Trinajstić information content (AvgIpc) is 2.51. The van der Waals surface area contributed by atoms with Crippen LogP contribution >= 0.6 is 0 Å². The van der Waals surface area contributed by atoms with E-state index in [0.717, 1.165) is 28.1 Å². The van der Waals surface area contributed by atoms with Crippen LogP contribution in [-0.4, -0.2) is 12.5 Å². The zero-order chi connectivity index (χ0) is 16.8. The van der Waals surface area contributed by atoms with Crippen LogP contribution in [0.5, 0.6) is 5.75 Å². The minimum absolute atomic E-state index is 0.0342. The highest BCUT2D eigenvalue weighted by Crippen LogP contribution is 2.21. The summed E-state index contributed by atoms with van der Waals surface area (Å²) in [6.07, 6.45) is 1.16. The molecular formula is C20H25NO2. The van der Waals surface area contributed by atoms with E-state index in [9.17, 15) is 4.79 Å². The SMILES string of the molecule is Cc1ccc(C)c(OCCCC(=O)Nc2c(C)cccc2C)c1. The molecule has 122 valence electrons. The first-order valence-corrected chi connectivity index (χ1v) is 8.03. The van der Waals surface area contributed by atoms with Crippen LogP contribution < -0.4 is 10.1 Å². The van der Waals surface area contributed by atoms with E-state index in [0.29, 0.717) is 19.4 Å². The van der Waals surface area contributed by atoms with Gasteiger partial charge in [0.15, 0.2) is 0 Å². The number of aryl methyl sites for hydroxylation is 4. The lowest BCUT2D eigenvalue weighted by molar-refractivity contribution is -0.116. The van der Waals surface area contributed by atoms with E-state index in [-0.39, 0.29) is 5.91 Å². The van der Waals surface area contributed by atoms with Gasteiger partial charge in [-0.05, 0) is 62.4 Å². The number of amides is 1. The molecule has 0 spiro atoms. The predicted molar refractivity (Wildman–Crippen MR) is 95.2 cm³/mol. The fourth-order valence-corrected chi connectivity index (χ4v) is 2.49. The van der Waals surface area contributed by atoms with Crippen molar-refractivity contribution in [2.75, 3.05) is 11.9 Å². The molecule has 0 aliphatic carbocycles. The average molecular weight is 311 g/mol. The molecule has 1 amide bonds. The molecule has 2 rings (SSSR count). The van der Waals surface area contributed by atoms with Crippen molar-refractivity contribution in [3.63, 3.8) is 0 Å². The van der Waals surface area contributed by atoms with Gasteiger partial charge >= 0.3 is 0 Å². The maximum atomic E-state index is 12.1. The molecule has 0 fully saturated rings. The van der Waals surface area contributed by atoms with Crippen LogP contribution in [0.4, 0.5) is 5.69 Å². The van der Waals surface area contributed by atoms with Gasteiger partial charge < -0.3 is 10.1 Å². The molecule has 0 aliphatic heterocycles. The number of hydrogen-bond donors (Lipinski definition) is 1. The molecule has 3 nitrogen and oxygen atoms in total. The molecule has 0 saturated carbocycles. The number of anilines is 1. The number of carbonyl (C=O) groups excluding carboxylic acids is 1. The number of carbonyl (C=O) groups is 1. The fraction of sp³-hybridized carbons (Fsp3) is 0.350. The largest absolute Gasteiger partial charge is 0.493 e. The van der Waals surface area contributed by atoms with Crippen LogP contribution in [0.2, 0.25) is 0 Å². The fourth-order valence-electron chi connectivity index (χ4n) is 2.49. The second-order valence-electron chi connectivity index (χ2n) is 6.04. The van der Waals surface area contributed by atoms with Gasteiger partial charge in [-0.2, -0.15) is 0 Å². The van der Waals surface area contributed by atoms with Gasteiger partial charge in [0.1, 0.15) is 5.75 Å². The van der Waals surface area contributed by atoms with Gasteiger partial charge in [-0.3, -0.25) is 4.79 Å². The third kappa shape index (κ3) is 4.85. The third-order valence-electron chi connectivity index (χ3n) is 3.89. The second-order valence-corrected chi connectivity index (χ2v) is 6.04. The number of rotatable bonds is 6. The van der Waals surface area contributed by atoms with Crippen molar-refractivity contribution in [3.8, 4) is 5.75 Å². The number of hydrogen-bond acceptors (Lipinski definition) is 2. The normalized spacial score (nSPS) is 10.4. The highest BCUT2D eigenvalue weighted by atomic mass is 16.5. The lowest BCUT2D eigenvalue weighted by atomic mass is 10.1. The molecule has 0 unspecified atom stereocenters. The molecule has 0 aliphatic rings. The second kappa shape index (κ2) is 7.82. The Morgan fingerprint density at radius 3 is 2.39 bits per heavy atom. The highest BCUT2D eigenvalue weighted by Gasteiger charge is 2.07. The Morgan fingerprint density at radius 1 is 1.00 bits per heavy atom. The molecule has 0 bridgehead atoms. The molecule has 1 N–H and O–H groups in total. The van der Waals surface area contributed by atoms with E-state index >= 15 is 0 Å². The van der Waals surface area contributed by atoms with Crippen LogP contribution in [0, 0.1) is 27.7 Å². The molecule has 3 heteroatoms. The summed E-state index contributed by atoms with van der Waals surface area (Å²) in [5.41, 5.74) is 5.40. The van der Waals surface area contributed by atoms with E-state index < -0.39 is 0 Å². The minimum Gasteiger partial charge on any atom is -0.493 e. The predicted octanol–water partition coefficient (Wildman–Crippen LogP) is 4.72. The molecule has 23 heavy (non-hydrogen) atoms. The minimum atomic E-state index is 0.0342. The Kier molecular flexibility index (Phi) is 5.80. The number of ether oxygens (including phenoxy) is 1. The summed E-state index contributed by atoms with van der Waals surface area (Å²) in [6.45, 7) is 8.63. The Labute approximate surface area is 138 Å². The molecule has 0 atom stereocenters. The van der Waals surface area contributed by atoms with E-state index in [2.05, 4.69) is 17.4 Å². The molecule has 2 aromatic carbocycles. The van der Waals surface area contributed by atoms with E-state index in [4.69, 9.17) is 4.74 Å². The molecular weight excluding hydrogens is 286 g/mol. The summed E-state index contributed by atoms with van der Waals surface area (Å²) >= 11 is 0. The lowest BCUT2D eigenvalue weighted by Gasteiger charge is -2.12. The first-order chi connectivity index (χ1) is 11.0. The smallest absolute Gasteiger partial charge is 0.224 e. The third-order valence-corrected chi connectivity index (χ3v) is 3.89. The van der Waals surface area contributed by atoms with Gasteiger partial charge in [0.2, 0.25) is 5.91 Å². The summed E-state index contributed by atoms with van der Waals surface area (Å²) in [7, 11) is 0. The Balaban J connectivity index is 1.80. The van der Waals surface area contributed by atoms with Crippen molar-refractivity contribution in [2.24, 2.45) is 0 Å². The van der Waals surface area contributed by atoms with Gasteiger partial charge in [-0.1, -0.05) is 30.3 Å². The number of para-hydroxylation sites is 1. The zero-order valence-electron chi connectivity index (χ0n) is 14.4. The van der Waals surface area contributed by atoms with E-state index in [1.165, 1.54) is 5.56 Å². The zero-order valence-corrected chi connectivity index (χ0v) is 14.4. The van der Waals surface area contributed by atoms with Crippen LogP contribution in [0.15, 0.2) is 36.4 Å². The summed E-state index contributed by atoms with van der Waals surface area (Å²) in [5, 5.41) is 3.00. The van der Waals surface area contributed by atoms with Crippen molar-refractivity contribution >= 4 is 11.6 Å². The lowest BCUT2D eigenvalue weighted by Crippen LogP contribution is -2.14. The van der Waals surface area contributed by atoms with Crippen molar-refractivity contribution < 1.29 is 9.53 Å². The number of benzene rings is 2. The maximum Gasteiger partial charge on any atom is 0.224 e. The van der Waals surface area contributed by atoms with Crippen molar-refractivity contribution in [3.05, 3.63) is 58.7 Å². The van der Waals surface area contributed by atoms with Crippen LogP contribution in [0.1, 0.15) is 35.1 Å². The topological polar surface area (TPSA) is 38.3 Å². The standard InChI is InChI=1S/C20H25NO2/c1-14-10-11-15(2)18(13-14)23-12-6-9-19(22)21-20-16(3)7-5-8-17(20)4/h5,7-8,10-11,13H,6,9,12H2,1-4H3,(H,21,22). The summed E-state index contributed by atoms with van der Waals surface area (Å²) in [5.74, 6) is 0.937. The van der Waals surface area contributed by atoms with Crippen molar-refractivity contribution in [2.45, 2.75) is 40.5 Å². The summed E-state index contributed by atoms with van der Waals surface area (Å²) < 4.78 is 5.79. The monoisotopic (exact) mass is 311 g/mol.